The summed E-state index contributed by atoms with van der Waals surface area (Å²) < 4.78 is 55.8. The van der Waals surface area contributed by atoms with Crippen molar-refractivity contribution in [3.8, 4) is 5.75 Å². The minimum atomic E-state index is -3.38. The van der Waals surface area contributed by atoms with Crippen LogP contribution in [0.15, 0.2) is 12.1 Å². The number of rotatable bonds is 6. The molecule has 2 unspecified atom stereocenters. The number of nitrogens with zero attached hydrogens (tertiary/aromatic N) is 1. The number of primary amides is 1. The standard InChI is InChI=1S/C14H17F4N3O3/c1-6(13(22)20-12(18)11(16)17)7-4-8(15)10(24-14(19)23)5-9(7)21(2)3/h4-6,11-12H,1-3H3,(H2,19,23)(H,20,22). The molecule has 2 atom stereocenters. The molecule has 0 aliphatic heterocycles. The Labute approximate surface area is 135 Å². The van der Waals surface area contributed by atoms with Crippen LogP contribution in [0.2, 0.25) is 0 Å². The largest absolute Gasteiger partial charge is 0.410 e. The molecule has 0 spiro atoms. The lowest BCUT2D eigenvalue weighted by Crippen LogP contribution is -2.39. The van der Waals surface area contributed by atoms with Crippen LogP contribution < -0.4 is 20.7 Å². The number of halogens is 4. The van der Waals surface area contributed by atoms with E-state index in [9.17, 15) is 27.2 Å². The maximum absolute atomic E-state index is 14.0. The van der Waals surface area contributed by atoms with Crippen LogP contribution in [-0.2, 0) is 4.79 Å². The molecular formula is C14H17F4N3O3. The number of anilines is 1. The van der Waals surface area contributed by atoms with E-state index in [4.69, 9.17) is 5.73 Å². The van der Waals surface area contributed by atoms with Crippen LogP contribution in [0.1, 0.15) is 18.4 Å². The van der Waals surface area contributed by atoms with Crippen LogP contribution in [0.4, 0.5) is 28.0 Å². The van der Waals surface area contributed by atoms with Crippen molar-refractivity contribution in [3.63, 3.8) is 0 Å². The van der Waals surface area contributed by atoms with E-state index in [0.717, 1.165) is 12.1 Å². The summed E-state index contributed by atoms with van der Waals surface area (Å²) in [5.41, 5.74) is 5.19. The highest BCUT2D eigenvalue weighted by Crippen LogP contribution is 2.33. The first-order valence-corrected chi connectivity index (χ1v) is 6.75. The molecule has 6 nitrogen and oxygen atoms in total. The van der Waals surface area contributed by atoms with Crippen LogP contribution in [0.3, 0.4) is 0 Å². The molecule has 0 bridgehead atoms. The number of hydrogen-bond acceptors (Lipinski definition) is 4. The van der Waals surface area contributed by atoms with Crippen molar-refractivity contribution < 1.29 is 31.9 Å². The molecule has 10 heteroatoms. The van der Waals surface area contributed by atoms with Gasteiger partial charge in [0.15, 0.2) is 11.6 Å². The second-order valence-corrected chi connectivity index (χ2v) is 5.12. The number of ether oxygens (including phenoxy) is 1. The van der Waals surface area contributed by atoms with E-state index in [0.29, 0.717) is 0 Å². The van der Waals surface area contributed by atoms with Crippen molar-refractivity contribution in [1.82, 2.24) is 5.32 Å². The first-order valence-electron chi connectivity index (χ1n) is 6.75. The predicted octanol–water partition coefficient (Wildman–Crippen LogP) is 2.13. The third kappa shape index (κ3) is 4.74. The molecule has 134 valence electrons. The summed E-state index contributed by atoms with van der Waals surface area (Å²) in [6.07, 6.45) is -7.43. The Kier molecular flexibility index (Phi) is 6.38. The smallest absolute Gasteiger partial charge is 0.407 e. The highest BCUT2D eigenvalue weighted by Gasteiger charge is 2.27. The average Bonchev–Trinajstić information content (AvgIpc) is 2.47. The van der Waals surface area contributed by atoms with E-state index in [-0.39, 0.29) is 11.3 Å². The summed E-state index contributed by atoms with van der Waals surface area (Å²) >= 11 is 0. The third-order valence-electron chi connectivity index (χ3n) is 3.13. The predicted molar refractivity (Wildman–Crippen MR) is 78.4 cm³/mol. The average molecular weight is 351 g/mol. The van der Waals surface area contributed by atoms with Crippen LogP contribution in [0.5, 0.6) is 5.75 Å². The second kappa shape index (κ2) is 7.84. The van der Waals surface area contributed by atoms with Crippen molar-refractivity contribution in [1.29, 1.82) is 0 Å². The minimum absolute atomic E-state index is 0.0910. The summed E-state index contributed by atoms with van der Waals surface area (Å²) in [5.74, 6) is -3.64. The summed E-state index contributed by atoms with van der Waals surface area (Å²) in [6.45, 7) is 1.30. The zero-order valence-electron chi connectivity index (χ0n) is 13.1. The van der Waals surface area contributed by atoms with Gasteiger partial charge in [-0.25, -0.2) is 22.4 Å². The van der Waals surface area contributed by atoms with Gasteiger partial charge >= 0.3 is 6.09 Å². The zero-order valence-corrected chi connectivity index (χ0v) is 13.1. The van der Waals surface area contributed by atoms with Gasteiger partial charge in [-0.2, -0.15) is 0 Å². The topological polar surface area (TPSA) is 84.7 Å². The van der Waals surface area contributed by atoms with E-state index < -0.39 is 42.2 Å². The van der Waals surface area contributed by atoms with Gasteiger partial charge in [-0.1, -0.05) is 0 Å². The summed E-state index contributed by atoms with van der Waals surface area (Å²) in [6, 6.07) is 2.02. The number of carbonyl (C=O) groups is 2. The van der Waals surface area contributed by atoms with Gasteiger partial charge in [0, 0.05) is 25.8 Å². The molecule has 1 aromatic carbocycles. The van der Waals surface area contributed by atoms with Crippen molar-refractivity contribution in [2.24, 2.45) is 5.73 Å². The molecule has 0 saturated heterocycles. The fourth-order valence-corrected chi connectivity index (χ4v) is 1.94. The highest BCUT2D eigenvalue weighted by molar-refractivity contribution is 5.85. The quantitative estimate of drug-likeness (QED) is 0.607. The van der Waals surface area contributed by atoms with E-state index in [1.165, 1.54) is 17.1 Å². The SMILES string of the molecule is CC(C(=O)NC(F)C(F)F)c1cc(F)c(OC(N)=O)cc1N(C)C. The van der Waals surface area contributed by atoms with Crippen molar-refractivity contribution in [2.75, 3.05) is 19.0 Å². The fourth-order valence-electron chi connectivity index (χ4n) is 1.94. The van der Waals surface area contributed by atoms with Gasteiger partial charge < -0.3 is 20.7 Å². The summed E-state index contributed by atoms with van der Waals surface area (Å²) in [7, 11) is 3.12. The van der Waals surface area contributed by atoms with Gasteiger partial charge in [-0.15, -0.1) is 0 Å². The van der Waals surface area contributed by atoms with Gasteiger partial charge in [0.1, 0.15) is 0 Å². The van der Waals surface area contributed by atoms with Crippen LogP contribution in [-0.4, -0.2) is 38.8 Å². The first kappa shape index (κ1) is 19.5. The molecule has 0 fully saturated rings. The molecule has 0 radical (unpaired) electrons. The lowest BCUT2D eigenvalue weighted by atomic mass is 9.97. The van der Waals surface area contributed by atoms with Gasteiger partial charge in [0.05, 0.1) is 5.92 Å². The highest BCUT2D eigenvalue weighted by atomic mass is 19.3. The first-order chi connectivity index (χ1) is 11.0. The van der Waals surface area contributed by atoms with Gasteiger partial charge in [-0.05, 0) is 18.6 Å². The van der Waals surface area contributed by atoms with E-state index in [2.05, 4.69) is 4.74 Å². The molecule has 0 aromatic heterocycles. The van der Waals surface area contributed by atoms with Crippen molar-refractivity contribution in [2.45, 2.75) is 25.6 Å². The normalized spacial score (nSPS) is 13.3. The Morgan fingerprint density at radius 3 is 2.29 bits per heavy atom. The summed E-state index contributed by atoms with van der Waals surface area (Å²) in [4.78, 5) is 24.1. The van der Waals surface area contributed by atoms with E-state index in [1.54, 1.807) is 14.1 Å². The van der Waals surface area contributed by atoms with Gasteiger partial charge in [-0.3, -0.25) is 4.79 Å². The zero-order chi connectivity index (χ0) is 18.6. The Balaban J connectivity index is 3.19. The number of nitrogens with one attached hydrogen (secondary N) is 1. The lowest BCUT2D eigenvalue weighted by Gasteiger charge is -2.23. The monoisotopic (exact) mass is 351 g/mol. The Morgan fingerprint density at radius 1 is 1.25 bits per heavy atom. The Morgan fingerprint density at radius 2 is 1.83 bits per heavy atom. The van der Waals surface area contributed by atoms with Gasteiger partial charge in [0.2, 0.25) is 12.2 Å². The number of hydrogen-bond donors (Lipinski definition) is 2. The van der Waals surface area contributed by atoms with Crippen LogP contribution >= 0.6 is 0 Å². The van der Waals surface area contributed by atoms with Crippen LogP contribution in [0, 0.1) is 5.82 Å². The van der Waals surface area contributed by atoms with E-state index in [1.807, 2.05) is 0 Å². The Hall–Kier alpha value is -2.52. The number of nitrogens with two attached hydrogens (primary N) is 1. The molecule has 0 heterocycles. The maximum atomic E-state index is 14.0. The maximum Gasteiger partial charge on any atom is 0.410 e. The number of carbonyl (C=O) groups excluding carboxylic acids is 2. The number of amides is 2. The molecule has 1 rings (SSSR count). The molecule has 2 amide bonds. The van der Waals surface area contributed by atoms with Crippen molar-refractivity contribution >= 4 is 17.7 Å². The van der Waals surface area contributed by atoms with Crippen molar-refractivity contribution in [3.05, 3.63) is 23.5 Å². The number of alkyl halides is 3. The lowest BCUT2D eigenvalue weighted by molar-refractivity contribution is -0.126. The number of benzene rings is 1. The van der Waals surface area contributed by atoms with Crippen LogP contribution in [0.25, 0.3) is 0 Å². The third-order valence-corrected chi connectivity index (χ3v) is 3.13. The molecule has 24 heavy (non-hydrogen) atoms. The fraction of sp³-hybridized carbons (Fsp3) is 0.429. The molecule has 0 saturated carbocycles. The summed E-state index contributed by atoms with van der Waals surface area (Å²) in [5, 5.41) is 1.51. The van der Waals surface area contributed by atoms with Gasteiger partial charge in [0.25, 0.3) is 6.43 Å². The molecule has 0 aliphatic carbocycles. The molecule has 0 aliphatic rings. The molecular weight excluding hydrogens is 334 g/mol. The Bertz CT molecular complexity index is 626. The minimum Gasteiger partial charge on any atom is -0.407 e. The second-order valence-electron chi connectivity index (χ2n) is 5.12. The van der Waals surface area contributed by atoms with E-state index >= 15 is 0 Å². The molecule has 3 N–H and O–H groups in total. The molecule has 1 aromatic rings.